The van der Waals surface area contributed by atoms with Crippen LogP contribution in [0.25, 0.3) is 6.08 Å². The largest absolute Gasteiger partial charge is 0.506 e. The lowest BCUT2D eigenvalue weighted by atomic mass is 9.81. The van der Waals surface area contributed by atoms with Crippen molar-refractivity contribution in [1.82, 2.24) is 0 Å². The van der Waals surface area contributed by atoms with Gasteiger partial charge in [-0.3, -0.25) is 0 Å². The van der Waals surface area contributed by atoms with Gasteiger partial charge in [-0.2, -0.15) is 0 Å². The Bertz CT molecular complexity index is 816. The zero-order valence-electron chi connectivity index (χ0n) is 18.3. The zero-order chi connectivity index (χ0) is 23.0. The number of rotatable bonds is 10. The van der Waals surface area contributed by atoms with Crippen LogP contribution < -0.4 is 0 Å². The van der Waals surface area contributed by atoms with Crippen molar-refractivity contribution < 1.29 is 24.9 Å². The number of carbonyl (C=O) groups is 1. The van der Waals surface area contributed by atoms with Crippen molar-refractivity contribution in [3.05, 3.63) is 59.2 Å². The smallest absolute Gasteiger partial charge is 0.330 e. The van der Waals surface area contributed by atoms with Gasteiger partial charge in [-0.25, -0.2) is 4.79 Å². The van der Waals surface area contributed by atoms with Gasteiger partial charge in [-0.1, -0.05) is 74.9 Å². The summed E-state index contributed by atoms with van der Waals surface area (Å²) in [7, 11) is 0. The number of cyclic esters (lactones) is 1. The van der Waals surface area contributed by atoms with Crippen molar-refractivity contribution in [2.75, 3.05) is 0 Å². The lowest BCUT2D eigenvalue weighted by Crippen LogP contribution is -2.36. The normalized spacial score (nSPS) is 23.1. The number of esters is 1. The highest BCUT2D eigenvalue weighted by atomic mass is 35.5. The van der Waals surface area contributed by atoms with Gasteiger partial charge in [0.05, 0.1) is 17.2 Å². The van der Waals surface area contributed by atoms with Gasteiger partial charge in [-0.15, -0.1) is 0 Å². The summed E-state index contributed by atoms with van der Waals surface area (Å²) in [5.41, 5.74) is 0.673. The third-order valence-corrected chi connectivity index (χ3v) is 6.21. The van der Waals surface area contributed by atoms with E-state index in [0.717, 1.165) is 6.42 Å². The van der Waals surface area contributed by atoms with Gasteiger partial charge in [0.2, 0.25) is 0 Å². The maximum atomic E-state index is 11.6. The molecule has 0 saturated heterocycles. The maximum absolute atomic E-state index is 11.6. The molecule has 170 valence electrons. The number of benzene rings is 1. The van der Waals surface area contributed by atoms with Crippen molar-refractivity contribution in [1.29, 1.82) is 0 Å². The molecular weight excluding hydrogens is 416 g/mol. The van der Waals surface area contributed by atoms with Gasteiger partial charge >= 0.3 is 5.97 Å². The minimum Gasteiger partial charge on any atom is -0.506 e. The second kappa shape index (κ2) is 12.1. The standard InChI is InChI=1S/C25H33ClO5/c1-4-18-12-13-23(30)31-25(18)17(3)14-16(2)22(29)15-20(27)10-6-5-8-19-9-7-11-21(28)24(19)26/h5-13,16-18,20,22,25,27-29H,4,14-15H2,1-3H3/b8-5+,10-6+/t16-,17-,18-,20-,22+,25-/m1/s1. The first-order valence-corrected chi connectivity index (χ1v) is 11.2. The Balaban J connectivity index is 1.84. The molecule has 1 heterocycles. The summed E-state index contributed by atoms with van der Waals surface area (Å²) < 4.78 is 5.53. The number of phenolic OH excluding ortho intramolecular Hbond substituents is 1. The van der Waals surface area contributed by atoms with Crippen molar-refractivity contribution in [3.63, 3.8) is 0 Å². The van der Waals surface area contributed by atoms with Gasteiger partial charge < -0.3 is 20.1 Å². The van der Waals surface area contributed by atoms with Crippen LogP contribution in [0, 0.1) is 17.8 Å². The molecule has 6 heteroatoms. The quantitative estimate of drug-likeness (QED) is 0.350. The zero-order valence-corrected chi connectivity index (χ0v) is 19.1. The summed E-state index contributed by atoms with van der Waals surface area (Å²) in [5, 5.41) is 30.6. The monoisotopic (exact) mass is 448 g/mol. The van der Waals surface area contributed by atoms with E-state index in [9.17, 15) is 20.1 Å². The Labute approximate surface area is 189 Å². The molecule has 1 aliphatic rings. The fraction of sp³-hybridized carbons (Fsp3) is 0.480. The third kappa shape index (κ3) is 7.53. The molecule has 31 heavy (non-hydrogen) atoms. The molecule has 2 rings (SSSR count). The predicted octanol–water partition coefficient (Wildman–Crippen LogP) is 4.90. The predicted molar refractivity (Wildman–Crippen MR) is 124 cm³/mol. The van der Waals surface area contributed by atoms with E-state index in [-0.39, 0.29) is 47.0 Å². The molecule has 0 fully saturated rings. The summed E-state index contributed by atoms with van der Waals surface area (Å²) in [6.45, 7) is 6.05. The van der Waals surface area contributed by atoms with Crippen molar-refractivity contribution in [2.24, 2.45) is 17.8 Å². The fourth-order valence-electron chi connectivity index (χ4n) is 3.93. The average molecular weight is 449 g/mol. The van der Waals surface area contributed by atoms with Crippen LogP contribution in [0.2, 0.25) is 5.02 Å². The number of phenols is 1. The highest BCUT2D eigenvalue weighted by Gasteiger charge is 2.32. The minimum absolute atomic E-state index is 0.0171. The molecule has 0 saturated carbocycles. The number of hydrogen-bond donors (Lipinski definition) is 3. The molecule has 0 aromatic heterocycles. The van der Waals surface area contributed by atoms with E-state index in [1.807, 2.05) is 19.9 Å². The molecule has 1 aromatic rings. The SMILES string of the molecule is CC[C@@H]1C=CC(=O)O[C@@H]1[C@H](C)C[C@@H](C)[C@@H](O)C[C@H](O)/C=C/C=C/c1cccc(O)c1Cl. The van der Waals surface area contributed by atoms with Crippen LogP contribution >= 0.6 is 11.6 Å². The Morgan fingerprint density at radius 2 is 1.94 bits per heavy atom. The highest BCUT2D eigenvalue weighted by Crippen LogP contribution is 2.31. The van der Waals surface area contributed by atoms with Gasteiger partial charge in [-0.05, 0) is 36.3 Å². The molecule has 0 bridgehead atoms. The van der Waals surface area contributed by atoms with E-state index < -0.39 is 12.2 Å². The second-order valence-electron chi connectivity index (χ2n) is 8.32. The number of halogens is 1. The molecule has 3 N–H and O–H groups in total. The molecule has 6 atom stereocenters. The molecule has 0 unspecified atom stereocenters. The number of aromatic hydroxyl groups is 1. The summed E-state index contributed by atoms with van der Waals surface area (Å²) in [6.07, 6.45) is 10.3. The lowest BCUT2D eigenvalue weighted by molar-refractivity contribution is -0.150. The van der Waals surface area contributed by atoms with Crippen LogP contribution in [0.3, 0.4) is 0 Å². The van der Waals surface area contributed by atoms with E-state index >= 15 is 0 Å². The third-order valence-electron chi connectivity index (χ3n) is 5.80. The van der Waals surface area contributed by atoms with Gasteiger partial charge in [0.15, 0.2) is 0 Å². The topological polar surface area (TPSA) is 87.0 Å². The molecule has 0 spiro atoms. The number of ether oxygens (including phenoxy) is 1. The Kier molecular flexibility index (Phi) is 9.82. The van der Waals surface area contributed by atoms with Gasteiger partial charge in [0.25, 0.3) is 0 Å². The molecule has 5 nitrogen and oxygen atoms in total. The molecule has 1 aliphatic heterocycles. The van der Waals surface area contributed by atoms with Gasteiger partial charge in [0.1, 0.15) is 11.9 Å². The van der Waals surface area contributed by atoms with E-state index in [4.69, 9.17) is 16.3 Å². The number of allylic oxidation sites excluding steroid dienone is 2. The Morgan fingerprint density at radius 3 is 2.65 bits per heavy atom. The Morgan fingerprint density at radius 1 is 1.19 bits per heavy atom. The summed E-state index contributed by atoms with van der Waals surface area (Å²) in [4.78, 5) is 11.6. The number of aliphatic hydroxyl groups excluding tert-OH is 2. The first-order chi connectivity index (χ1) is 14.7. The molecular formula is C25H33ClO5. The minimum atomic E-state index is -0.795. The molecule has 1 aromatic carbocycles. The molecule has 0 amide bonds. The second-order valence-corrected chi connectivity index (χ2v) is 8.70. The highest BCUT2D eigenvalue weighted by molar-refractivity contribution is 6.33. The van der Waals surface area contributed by atoms with Crippen LogP contribution in [-0.2, 0) is 9.53 Å². The van der Waals surface area contributed by atoms with Crippen LogP contribution in [0.5, 0.6) is 5.75 Å². The van der Waals surface area contributed by atoms with Crippen molar-refractivity contribution in [2.45, 2.75) is 58.3 Å². The van der Waals surface area contributed by atoms with E-state index in [1.165, 1.54) is 12.1 Å². The number of carbonyl (C=O) groups excluding carboxylic acids is 1. The maximum Gasteiger partial charge on any atom is 0.330 e. The van der Waals surface area contributed by atoms with E-state index in [0.29, 0.717) is 12.0 Å². The van der Waals surface area contributed by atoms with Gasteiger partial charge in [0, 0.05) is 18.4 Å². The summed E-state index contributed by atoms with van der Waals surface area (Å²) >= 11 is 6.02. The van der Waals surface area contributed by atoms with Crippen molar-refractivity contribution >= 4 is 23.6 Å². The molecule has 0 radical (unpaired) electrons. The van der Waals surface area contributed by atoms with Crippen LogP contribution in [-0.4, -0.2) is 39.6 Å². The van der Waals surface area contributed by atoms with Crippen LogP contribution in [0.4, 0.5) is 0 Å². The summed E-state index contributed by atoms with van der Waals surface area (Å²) in [5.74, 6) is -0.0517. The van der Waals surface area contributed by atoms with Crippen molar-refractivity contribution in [3.8, 4) is 5.75 Å². The first-order valence-electron chi connectivity index (χ1n) is 10.8. The van der Waals surface area contributed by atoms with E-state index in [1.54, 1.807) is 36.4 Å². The number of aliphatic hydroxyl groups is 2. The Hall–Kier alpha value is -2.08. The number of hydrogen-bond acceptors (Lipinski definition) is 5. The first kappa shape index (κ1) is 25.2. The fourth-order valence-corrected chi connectivity index (χ4v) is 4.12. The average Bonchev–Trinajstić information content (AvgIpc) is 2.73. The van der Waals surface area contributed by atoms with Crippen LogP contribution in [0.1, 0.15) is 45.6 Å². The van der Waals surface area contributed by atoms with Crippen LogP contribution in [0.15, 0.2) is 48.6 Å². The summed E-state index contributed by atoms with van der Waals surface area (Å²) in [6, 6.07) is 4.99. The lowest BCUT2D eigenvalue weighted by Gasteiger charge is -2.33. The van der Waals surface area contributed by atoms with E-state index in [2.05, 4.69) is 6.92 Å². The molecule has 0 aliphatic carbocycles.